The number of ether oxygens (including phenoxy) is 2. The van der Waals surface area contributed by atoms with Crippen molar-refractivity contribution in [1.82, 2.24) is 10.0 Å². The van der Waals surface area contributed by atoms with Crippen molar-refractivity contribution in [3.8, 4) is 11.5 Å². The fourth-order valence-electron chi connectivity index (χ4n) is 2.83. The third-order valence-corrected chi connectivity index (χ3v) is 4.31. The van der Waals surface area contributed by atoms with E-state index in [0.29, 0.717) is 24.6 Å². The van der Waals surface area contributed by atoms with Crippen LogP contribution >= 0.6 is 0 Å². The topological polar surface area (TPSA) is 59.1 Å². The molecule has 1 aromatic carbocycles. The summed E-state index contributed by atoms with van der Waals surface area (Å²) in [6, 6.07) is 5.40. The molecule has 24 heavy (non-hydrogen) atoms. The second-order valence-electron chi connectivity index (χ2n) is 5.99. The van der Waals surface area contributed by atoms with Gasteiger partial charge in [0, 0.05) is 30.6 Å². The van der Waals surface area contributed by atoms with E-state index in [1.54, 1.807) is 48.5 Å². The molecule has 2 amide bonds. The molecule has 1 aliphatic carbocycles. The van der Waals surface area contributed by atoms with Crippen LogP contribution in [-0.4, -0.2) is 49.1 Å². The van der Waals surface area contributed by atoms with Crippen molar-refractivity contribution in [3.63, 3.8) is 0 Å². The quantitative estimate of drug-likeness (QED) is 0.776. The van der Waals surface area contributed by atoms with Crippen LogP contribution < -0.4 is 9.47 Å². The predicted molar refractivity (Wildman–Crippen MR) is 89.3 cm³/mol. The van der Waals surface area contributed by atoms with Gasteiger partial charge in [-0.1, -0.05) is 0 Å². The van der Waals surface area contributed by atoms with Gasteiger partial charge in [-0.25, -0.2) is 5.01 Å². The lowest BCUT2D eigenvalue weighted by Gasteiger charge is -2.26. The van der Waals surface area contributed by atoms with Crippen LogP contribution in [0.1, 0.15) is 24.8 Å². The van der Waals surface area contributed by atoms with E-state index in [1.807, 2.05) is 0 Å². The lowest BCUT2D eigenvalue weighted by Crippen LogP contribution is -2.44. The molecule has 0 bridgehead atoms. The van der Waals surface area contributed by atoms with Crippen LogP contribution in [-0.2, 0) is 9.59 Å². The number of rotatable bonds is 5. The van der Waals surface area contributed by atoms with E-state index >= 15 is 0 Å². The van der Waals surface area contributed by atoms with Gasteiger partial charge in [-0.3, -0.25) is 14.6 Å². The average molecular weight is 330 g/mol. The zero-order valence-corrected chi connectivity index (χ0v) is 14.0. The average Bonchev–Trinajstić information content (AvgIpc) is 3.35. The summed E-state index contributed by atoms with van der Waals surface area (Å²) in [5, 5.41) is 3.15. The SMILES string of the molecule is COc1ccc(OC)c(C=CC(=O)N2CCCN2C(=O)C2CC2)c1. The molecule has 2 fully saturated rings. The molecule has 3 rings (SSSR count). The van der Waals surface area contributed by atoms with Crippen LogP contribution in [0.5, 0.6) is 11.5 Å². The van der Waals surface area contributed by atoms with Crippen molar-refractivity contribution < 1.29 is 19.1 Å². The third kappa shape index (κ3) is 3.37. The summed E-state index contributed by atoms with van der Waals surface area (Å²) in [5.41, 5.74) is 0.754. The molecule has 6 nitrogen and oxygen atoms in total. The first kappa shape index (κ1) is 16.4. The molecule has 0 unspecified atom stereocenters. The zero-order valence-electron chi connectivity index (χ0n) is 14.0. The highest BCUT2D eigenvalue weighted by Crippen LogP contribution is 2.32. The maximum absolute atomic E-state index is 12.5. The molecule has 1 saturated carbocycles. The van der Waals surface area contributed by atoms with Gasteiger partial charge in [-0.15, -0.1) is 0 Å². The van der Waals surface area contributed by atoms with Crippen molar-refractivity contribution in [2.45, 2.75) is 19.3 Å². The Labute approximate surface area is 141 Å². The molecule has 6 heteroatoms. The van der Waals surface area contributed by atoms with Gasteiger partial charge in [0.2, 0.25) is 5.91 Å². The smallest absolute Gasteiger partial charge is 0.265 e. The van der Waals surface area contributed by atoms with E-state index in [9.17, 15) is 9.59 Å². The minimum absolute atomic E-state index is 0.0770. The number of hydrogen-bond acceptors (Lipinski definition) is 4. The normalized spacial score (nSPS) is 17.4. The van der Waals surface area contributed by atoms with E-state index in [4.69, 9.17) is 9.47 Å². The number of hydrogen-bond donors (Lipinski definition) is 0. The summed E-state index contributed by atoms with van der Waals surface area (Å²) in [6.07, 6.45) is 5.88. The fraction of sp³-hybridized carbons (Fsp3) is 0.444. The Morgan fingerprint density at radius 1 is 1.12 bits per heavy atom. The number of amides is 2. The molecule has 1 aromatic rings. The molecule has 128 valence electrons. The van der Waals surface area contributed by atoms with Gasteiger partial charge in [0.15, 0.2) is 0 Å². The molecule has 0 spiro atoms. The van der Waals surface area contributed by atoms with Crippen molar-refractivity contribution in [2.24, 2.45) is 5.92 Å². The third-order valence-electron chi connectivity index (χ3n) is 4.31. The molecular formula is C18H22N2O4. The second-order valence-corrected chi connectivity index (χ2v) is 5.99. The summed E-state index contributed by atoms with van der Waals surface area (Å²) < 4.78 is 10.5. The van der Waals surface area contributed by atoms with Crippen LogP contribution in [0.25, 0.3) is 6.08 Å². The highest BCUT2D eigenvalue weighted by Gasteiger charge is 2.38. The number of carbonyl (C=O) groups is 2. The van der Waals surface area contributed by atoms with E-state index in [0.717, 1.165) is 24.8 Å². The van der Waals surface area contributed by atoms with Gasteiger partial charge in [0.25, 0.3) is 5.91 Å². The van der Waals surface area contributed by atoms with Gasteiger partial charge >= 0.3 is 0 Å². The molecule has 0 radical (unpaired) electrons. The maximum atomic E-state index is 12.5. The van der Waals surface area contributed by atoms with Gasteiger partial charge in [0.05, 0.1) is 14.2 Å². The van der Waals surface area contributed by atoms with E-state index in [1.165, 1.54) is 6.08 Å². The Balaban J connectivity index is 1.74. The standard InChI is InChI=1S/C18H22N2O4/c1-23-15-7-8-16(24-2)14(12-15)6-9-17(21)19-10-3-11-20(19)18(22)13-4-5-13/h6-9,12-13H,3-5,10-11H2,1-2H3. The Hall–Kier alpha value is -2.50. The molecule has 0 N–H and O–H groups in total. The van der Waals surface area contributed by atoms with E-state index < -0.39 is 0 Å². The molecule has 0 aromatic heterocycles. The number of hydrazine groups is 1. The first-order chi connectivity index (χ1) is 11.6. The van der Waals surface area contributed by atoms with E-state index in [2.05, 4.69) is 0 Å². The van der Waals surface area contributed by atoms with Crippen LogP contribution in [0.3, 0.4) is 0 Å². The molecule has 1 heterocycles. The van der Waals surface area contributed by atoms with Crippen LogP contribution in [0.15, 0.2) is 24.3 Å². The number of nitrogens with zero attached hydrogens (tertiary/aromatic N) is 2. The monoisotopic (exact) mass is 330 g/mol. The Bertz CT molecular complexity index is 667. The predicted octanol–water partition coefficient (Wildman–Crippen LogP) is 2.10. The molecule has 2 aliphatic rings. The first-order valence-corrected chi connectivity index (χ1v) is 8.17. The van der Waals surface area contributed by atoms with Crippen molar-refractivity contribution in [3.05, 3.63) is 29.8 Å². The van der Waals surface area contributed by atoms with Gasteiger partial charge in [0.1, 0.15) is 11.5 Å². The molecular weight excluding hydrogens is 308 g/mol. The number of carbonyl (C=O) groups excluding carboxylic acids is 2. The number of methoxy groups -OCH3 is 2. The van der Waals surface area contributed by atoms with E-state index in [-0.39, 0.29) is 17.7 Å². The zero-order chi connectivity index (χ0) is 17.1. The molecule has 0 atom stereocenters. The Morgan fingerprint density at radius 2 is 1.88 bits per heavy atom. The first-order valence-electron chi connectivity index (χ1n) is 8.17. The maximum Gasteiger partial charge on any atom is 0.265 e. The highest BCUT2D eigenvalue weighted by atomic mass is 16.5. The van der Waals surface area contributed by atoms with Gasteiger partial charge in [-0.2, -0.15) is 0 Å². The summed E-state index contributed by atoms with van der Waals surface area (Å²) in [4.78, 5) is 24.8. The lowest BCUT2D eigenvalue weighted by atomic mass is 10.1. The lowest BCUT2D eigenvalue weighted by molar-refractivity contribution is -0.155. The Kier molecular flexibility index (Phi) is 4.74. The van der Waals surface area contributed by atoms with Crippen LogP contribution in [0.4, 0.5) is 0 Å². The highest BCUT2D eigenvalue weighted by molar-refractivity contribution is 5.94. The van der Waals surface area contributed by atoms with Crippen LogP contribution in [0.2, 0.25) is 0 Å². The van der Waals surface area contributed by atoms with Crippen molar-refractivity contribution in [2.75, 3.05) is 27.3 Å². The summed E-state index contributed by atoms with van der Waals surface area (Å²) in [5.74, 6) is 1.35. The number of benzene rings is 1. The second kappa shape index (κ2) is 6.95. The summed E-state index contributed by atoms with van der Waals surface area (Å²) >= 11 is 0. The van der Waals surface area contributed by atoms with Gasteiger partial charge < -0.3 is 9.47 Å². The molecule has 1 aliphatic heterocycles. The van der Waals surface area contributed by atoms with Crippen molar-refractivity contribution in [1.29, 1.82) is 0 Å². The van der Waals surface area contributed by atoms with Crippen molar-refractivity contribution >= 4 is 17.9 Å². The summed E-state index contributed by atoms with van der Waals surface area (Å²) in [6.45, 7) is 1.20. The fourth-order valence-corrected chi connectivity index (χ4v) is 2.83. The largest absolute Gasteiger partial charge is 0.497 e. The van der Waals surface area contributed by atoms with Gasteiger partial charge in [-0.05, 0) is 43.5 Å². The Morgan fingerprint density at radius 3 is 2.54 bits per heavy atom. The summed E-state index contributed by atoms with van der Waals surface area (Å²) in [7, 11) is 3.17. The minimum Gasteiger partial charge on any atom is -0.497 e. The molecule has 1 saturated heterocycles. The van der Waals surface area contributed by atoms with Crippen LogP contribution in [0, 0.1) is 5.92 Å². The minimum atomic E-state index is -0.189.